The maximum atomic E-state index is 4.34. The summed E-state index contributed by atoms with van der Waals surface area (Å²) in [4.78, 5) is 6.70. The van der Waals surface area contributed by atoms with E-state index < -0.39 is 0 Å². The predicted octanol–water partition coefficient (Wildman–Crippen LogP) is 3.20. The van der Waals surface area contributed by atoms with E-state index in [0.29, 0.717) is 6.04 Å². The second-order valence-corrected chi connectivity index (χ2v) is 5.75. The van der Waals surface area contributed by atoms with Crippen LogP contribution in [0.5, 0.6) is 0 Å². The second kappa shape index (κ2) is 5.72. The smallest absolute Gasteiger partial charge is 0.0795 e. The first-order valence-electron chi connectivity index (χ1n) is 6.75. The molecule has 2 aromatic rings. The summed E-state index contributed by atoms with van der Waals surface area (Å²) in [7, 11) is 2.18. The van der Waals surface area contributed by atoms with E-state index in [1.165, 1.54) is 24.1 Å². The second-order valence-electron chi connectivity index (χ2n) is 5.04. The Morgan fingerprint density at radius 3 is 3.16 bits per heavy atom. The molecule has 100 valence electrons. The zero-order valence-corrected chi connectivity index (χ0v) is 12.0. The topological polar surface area (TPSA) is 28.2 Å². The summed E-state index contributed by atoms with van der Waals surface area (Å²) in [6.45, 7) is 1.98. The van der Waals surface area contributed by atoms with Crippen LogP contribution in [0.3, 0.4) is 0 Å². The van der Waals surface area contributed by atoms with Gasteiger partial charge in [-0.2, -0.15) is 0 Å². The molecular weight excluding hydrogens is 254 g/mol. The lowest BCUT2D eigenvalue weighted by atomic mass is 10.0. The Morgan fingerprint density at radius 1 is 1.42 bits per heavy atom. The molecule has 1 aliphatic heterocycles. The van der Waals surface area contributed by atoms with Gasteiger partial charge in [0.15, 0.2) is 0 Å². The van der Waals surface area contributed by atoms with Crippen molar-refractivity contribution in [2.45, 2.75) is 25.4 Å². The third-order valence-electron chi connectivity index (χ3n) is 3.72. The van der Waals surface area contributed by atoms with Crippen LogP contribution in [0.25, 0.3) is 0 Å². The van der Waals surface area contributed by atoms with E-state index in [4.69, 9.17) is 0 Å². The van der Waals surface area contributed by atoms with Crippen molar-refractivity contribution in [3.63, 3.8) is 0 Å². The van der Waals surface area contributed by atoms with E-state index in [0.717, 1.165) is 18.8 Å². The molecule has 1 N–H and O–H groups in total. The first kappa shape index (κ1) is 12.6. The minimum atomic E-state index is 0.433. The number of anilines is 1. The third kappa shape index (κ3) is 2.80. The van der Waals surface area contributed by atoms with Crippen molar-refractivity contribution in [2.24, 2.45) is 0 Å². The molecule has 0 saturated carbocycles. The van der Waals surface area contributed by atoms with Crippen LogP contribution in [-0.2, 0) is 6.54 Å². The first-order valence-corrected chi connectivity index (χ1v) is 7.69. The van der Waals surface area contributed by atoms with Gasteiger partial charge in [-0.15, -0.1) is 11.3 Å². The van der Waals surface area contributed by atoms with Gasteiger partial charge in [-0.1, -0.05) is 18.2 Å². The number of rotatable bonds is 3. The Balaban J connectivity index is 1.79. The molecular formula is C15H19N3S. The molecule has 4 heteroatoms. The molecule has 0 fully saturated rings. The van der Waals surface area contributed by atoms with Gasteiger partial charge in [-0.3, -0.25) is 0 Å². The van der Waals surface area contributed by atoms with Crippen LogP contribution in [0.4, 0.5) is 5.69 Å². The van der Waals surface area contributed by atoms with Gasteiger partial charge in [0.25, 0.3) is 0 Å². The van der Waals surface area contributed by atoms with Crippen LogP contribution >= 0.6 is 11.3 Å². The third-order valence-corrected chi connectivity index (χ3v) is 4.36. The standard InChI is InChI=1S/C15H19N3S/c1-18-8-4-6-14(13-5-2-3-7-15(13)18)16-9-12-10-19-11-17-12/h2-3,5,7,10-11,14,16H,4,6,8-9H2,1H3. The van der Waals surface area contributed by atoms with Gasteiger partial charge in [-0.05, 0) is 24.5 Å². The maximum Gasteiger partial charge on any atom is 0.0795 e. The lowest BCUT2D eigenvalue weighted by Gasteiger charge is -2.22. The Kier molecular flexibility index (Phi) is 3.80. The van der Waals surface area contributed by atoms with E-state index in [-0.39, 0.29) is 0 Å². The molecule has 2 heterocycles. The highest BCUT2D eigenvalue weighted by Crippen LogP contribution is 2.32. The zero-order valence-electron chi connectivity index (χ0n) is 11.2. The van der Waals surface area contributed by atoms with Gasteiger partial charge >= 0.3 is 0 Å². The number of benzene rings is 1. The largest absolute Gasteiger partial charge is 0.374 e. The van der Waals surface area contributed by atoms with Crippen LogP contribution in [0.2, 0.25) is 0 Å². The van der Waals surface area contributed by atoms with Crippen LogP contribution < -0.4 is 10.2 Å². The fourth-order valence-corrected chi connectivity index (χ4v) is 3.26. The molecule has 0 bridgehead atoms. The van der Waals surface area contributed by atoms with Crippen molar-refractivity contribution in [2.75, 3.05) is 18.5 Å². The SMILES string of the molecule is CN1CCCC(NCc2cscn2)c2ccccc21. The van der Waals surface area contributed by atoms with Gasteiger partial charge in [-0.25, -0.2) is 4.98 Å². The predicted molar refractivity (Wildman–Crippen MR) is 80.6 cm³/mol. The monoisotopic (exact) mass is 273 g/mol. The molecule has 0 amide bonds. The normalized spacial score (nSPS) is 19.0. The zero-order chi connectivity index (χ0) is 13.1. The minimum Gasteiger partial charge on any atom is -0.374 e. The highest BCUT2D eigenvalue weighted by Gasteiger charge is 2.20. The number of fused-ring (bicyclic) bond motifs is 1. The first-order chi connectivity index (χ1) is 9.34. The molecule has 3 rings (SSSR count). The number of aromatic nitrogens is 1. The fourth-order valence-electron chi connectivity index (χ4n) is 2.70. The quantitative estimate of drug-likeness (QED) is 0.931. The molecule has 1 aromatic carbocycles. The number of nitrogens with zero attached hydrogens (tertiary/aromatic N) is 2. The van der Waals surface area contributed by atoms with Crippen LogP contribution in [0, 0.1) is 0 Å². The van der Waals surface area contributed by atoms with E-state index in [2.05, 4.69) is 51.9 Å². The van der Waals surface area contributed by atoms with E-state index >= 15 is 0 Å². The van der Waals surface area contributed by atoms with Crippen molar-refractivity contribution >= 4 is 17.0 Å². The Morgan fingerprint density at radius 2 is 2.32 bits per heavy atom. The molecule has 1 atom stereocenters. The highest BCUT2D eigenvalue weighted by molar-refractivity contribution is 7.07. The number of para-hydroxylation sites is 1. The highest BCUT2D eigenvalue weighted by atomic mass is 32.1. The fraction of sp³-hybridized carbons (Fsp3) is 0.400. The summed E-state index contributed by atoms with van der Waals surface area (Å²) < 4.78 is 0. The molecule has 1 aromatic heterocycles. The Hall–Kier alpha value is -1.39. The van der Waals surface area contributed by atoms with Gasteiger partial charge in [0.1, 0.15) is 0 Å². The molecule has 19 heavy (non-hydrogen) atoms. The molecule has 1 aliphatic rings. The van der Waals surface area contributed by atoms with Crippen LogP contribution in [-0.4, -0.2) is 18.6 Å². The average molecular weight is 273 g/mol. The summed E-state index contributed by atoms with van der Waals surface area (Å²) in [6, 6.07) is 9.16. The summed E-state index contributed by atoms with van der Waals surface area (Å²) >= 11 is 1.66. The number of hydrogen-bond donors (Lipinski definition) is 1. The summed E-state index contributed by atoms with van der Waals surface area (Å²) in [5, 5.41) is 5.77. The number of hydrogen-bond acceptors (Lipinski definition) is 4. The van der Waals surface area contributed by atoms with Gasteiger partial charge < -0.3 is 10.2 Å². The van der Waals surface area contributed by atoms with Crippen molar-refractivity contribution < 1.29 is 0 Å². The van der Waals surface area contributed by atoms with Crippen LogP contribution in [0.1, 0.15) is 30.1 Å². The van der Waals surface area contributed by atoms with Gasteiger partial charge in [0.05, 0.1) is 11.2 Å². The van der Waals surface area contributed by atoms with E-state index in [1.807, 2.05) is 5.51 Å². The molecule has 0 spiro atoms. The summed E-state index contributed by atoms with van der Waals surface area (Å²) in [5.41, 5.74) is 5.81. The summed E-state index contributed by atoms with van der Waals surface area (Å²) in [6.07, 6.45) is 2.41. The molecule has 0 saturated heterocycles. The minimum absolute atomic E-state index is 0.433. The molecule has 3 nitrogen and oxygen atoms in total. The van der Waals surface area contributed by atoms with Crippen molar-refractivity contribution in [3.8, 4) is 0 Å². The van der Waals surface area contributed by atoms with Gasteiger partial charge in [0.2, 0.25) is 0 Å². The molecule has 0 radical (unpaired) electrons. The van der Waals surface area contributed by atoms with E-state index in [1.54, 1.807) is 11.3 Å². The Labute approximate surface area is 118 Å². The van der Waals surface area contributed by atoms with Gasteiger partial charge in [0, 0.05) is 37.2 Å². The number of thiazole rings is 1. The molecule has 1 unspecified atom stereocenters. The maximum absolute atomic E-state index is 4.34. The Bertz CT molecular complexity index is 524. The van der Waals surface area contributed by atoms with Crippen LogP contribution in [0.15, 0.2) is 35.2 Å². The number of nitrogens with one attached hydrogen (secondary N) is 1. The van der Waals surface area contributed by atoms with Crippen molar-refractivity contribution in [3.05, 3.63) is 46.4 Å². The lowest BCUT2D eigenvalue weighted by molar-refractivity contribution is 0.493. The van der Waals surface area contributed by atoms with Crippen molar-refractivity contribution in [1.82, 2.24) is 10.3 Å². The lowest BCUT2D eigenvalue weighted by Crippen LogP contribution is -2.21. The van der Waals surface area contributed by atoms with Crippen molar-refractivity contribution in [1.29, 1.82) is 0 Å². The summed E-state index contributed by atoms with van der Waals surface area (Å²) in [5.74, 6) is 0. The molecule has 0 aliphatic carbocycles. The average Bonchev–Trinajstić information content (AvgIpc) is 2.90. The van der Waals surface area contributed by atoms with E-state index in [9.17, 15) is 0 Å².